The van der Waals surface area contributed by atoms with E-state index in [9.17, 15) is 14.0 Å². The van der Waals surface area contributed by atoms with Crippen molar-refractivity contribution in [2.75, 3.05) is 11.9 Å². The van der Waals surface area contributed by atoms with Crippen molar-refractivity contribution in [2.45, 2.75) is 38.8 Å². The quantitative estimate of drug-likeness (QED) is 0.843. The molecule has 0 aliphatic carbocycles. The van der Waals surface area contributed by atoms with E-state index in [1.54, 1.807) is 29.2 Å². The molecule has 6 heteroatoms. The van der Waals surface area contributed by atoms with Crippen LogP contribution in [0, 0.1) is 5.82 Å². The van der Waals surface area contributed by atoms with Crippen LogP contribution in [0.15, 0.2) is 48.5 Å². The van der Waals surface area contributed by atoms with Crippen molar-refractivity contribution in [3.8, 4) is 5.75 Å². The number of nitrogens with zero attached hydrogens (tertiary/aromatic N) is 1. The monoisotopic (exact) mass is 370 g/mol. The van der Waals surface area contributed by atoms with E-state index in [4.69, 9.17) is 4.74 Å². The third-order valence-corrected chi connectivity index (χ3v) is 4.58. The molecule has 27 heavy (non-hydrogen) atoms. The van der Waals surface area contributed by atoms with Gasteiger partial charge in [0.15, 0.2) is 0 Å². The highest BCUT2D eigenvalue weighted by Gasteiger charge is 2.33. The van der Waals surface area contributed by atoms with Crippen LogP contribution in [0.5, 0.6) is 5.75 Å². The van der Waals surface area contributed by atoms with Gasteiger partial charge in [-0.15, -0.1) is 0 Å². The molecule has 1 unspecified atom stereocenters. The van der Waals surface area contributed by atoms with Crippen molar-refractivity contribution in [3.63, 3.8) is 0 Å². The molecule has 0 spiro atoms. The Morgan fingerprint density at radius 3 is 2.70 bits per heavy atom. The first kappa shape index (κ1) is 18.9. The second kappa shape index (κ2) is 8.66. The summed E-state index contributed by atoms with van der Waals surface area (Å²) >= 11 is 0. The van der Waals surface area contributed by atoms with Gasteiger partial charge in [0, 0.05) is 13.0 Å². The molecule has 3 rings (SSSR count). The van der Waals surface area contributed by atoms with Crippen molar-refractivity contribution >= 4 is 17.5 Å². The number of carbonyl (C=O) groups is 2. The zero-order valence-electron chi connectivity index (χ0n) is 15.3. The average molecular weight is 370 g/mol. The fourth-order valence-corrected chi connectivity index (χ4v) is 3.24. The van der Waals surface area contributed by atoms with Crippen LogP contribution in [0.1, 0.15) is 31.7 Å². The van der Waals surface area contributed by atoms with Gasteiger partial charge < -0.3 is 15.0 Å². The van der Waals surface area contributed by atoms with Crippen LogP contribution in [0.2, 0.25) is 0 Å². The summed E-state index contributed by atoms with van der Waals surface area (Å²) in [5, 5.41) is 2.89. The number of amides is 2. The molecule has 1 N–H and O–H groups in total. The van der Waals surface area contributed by atoms with Crippen LogP contribution in [0.3, 0.4) is 0 Å². The SMILES string of the molecule is CCOc1ccccc1NC(=O)C1CCCC(=O)N1Cc1ccc(F)cc1. The number of hydrogen-bond acceptors (Lipinski definition) is 3. The number of para-hydroxylation sites is 2. The summed E-state index contributed by atoms with van der Waals surface area (Å²) in [6, 6.07) is 12.7. The van der Waals surface area contributed by atoms with E-state index in [0.29, 0.717) is 37.3 Å². The summed E-state index contributed by atoms with van der Waals surface area (Å²) in [5.41, 5.74) is 1.38. The van der Waals surface area contributed by atoms with E-state index in [0.717, 1.165) is 5.56 Å². The predicted molar refractivity (Wildman–Crippen MR) is 101 cm³/mol. The van der Waals surface area contributed by atoms with Crippen molar-refractivity contribution < 1.29 is 18.7 Å². The summed E-state index contributed by atoms with van der Waals surface area (Å²) in [4.78, 5) is 26.9. The molecule has 0 aromatic heterocycles. The molecular weight excluding hydrogens is 347 g/mol. The fraction of sp³-hybridized carbons (Fsp3) is 0.333. The molecule has 2 amide bonds. The fourth-order valence-electron chi connectivity index (χ4n) is 3.24. The number of benzene rings is 2. The smallest absolute Gasteiger partial charge is 0.247 e. The molecule has 0 radical (unpaired) electrons. The van der Waals surface area contributed by atoms with Crippen LogP contribution in [-0.4, -0.2) is 29.4 Å². The molecule has 1 atom stereocenters. The van der Waals surface area contributed by atoms with Gasteiger partial charge in [-0.3, -0.25) is 9.59 Å². The number of hydrogen-bond donors (Lipinski definition) is 1. The second-order valence-corrected chi connectivity index (χ2v) is 6.47. The largest absolute Gasteiger partial charge is 0.492 e. The number of ether oxygens (including phenoxy) is 1. The maximum atomic E-state index is 13.1. The lowest BCUT2D eigenvalue weighted by Gasteiger charge is -2.34. The van der Waals surface area contributed by atoms with Gasteiger partial charge >= 0.3 is 0 Å². The lowest BCUT2D eigenvalue weighted by atomic mass is 9.99. The molecule has 1 saturated heterocycles. The van der Waals surface area contributed by atoms with E-state index in [2.05, 4.69) is 5.32 Å². The Morgan fingerprint density at radius 1 is 1.22 bits per heavy atom. The van der Waals surface area contributed by atoms with Crippen molar-refractivity contribution in [3.05, 3.63) is 59.9 Å². The normalized spacial score (nSPS) is 16.9. The second-order valence-electron chi connectivity index (χ2n) is 6.47. The molecular formula is C21H23FN2O3. The van der Waals surface area contributed by atoms with Gasteiger partial charge in [-0.2, -0.15) is 0 Å². The highest BCUT2D eigenvalue weighted by atomic mass is 19.1. The van der Waals surface area contributed by atoms with E-state index in [1.165, 1.54) is 12.1 Å². The highest BCUT2D eigenvalue weighted by molar-refractivity contribution is 5.98. The molecule has 1 aliphatic heterocycles. The standard InChI is InChI=1S/C21H23FN2O3/c1-2-27-19-8-4-3-6-17(19)23-21(26)18-7-5-9-20(25)24(18)14-15-10-12-16(22)13-11-15/h3-4,6,8,10-13,18H,2,5,7,9,14H2,1H3,(H,23,26). The third-order valence-electron chi connectivity index (χ3n) is 4.58. The van der Waals surface area contributed by atoms with Crippen molar-refractivity contribution in [2.24, 2.45) is 0 Å². The Kier molecular flexibility index (Phi) is 6.06. The number of carbonyl (C=O) groups excluding carboxylic acids is 2. The van der Waals surface area contributed by atoms with Gasteiger partial charge in [-0.1, -0.05) is 24.3 Å². The Bertz CT molecular complexity index is 807. The van der Waals surface area contributed by atoms with Gasteiger partial charge in [-0.25, -0.2) is 4.39 Å². The first-order valence-electron chi connectivity index (χ1n) is 9.15. The highest BCUT2D eigenvalue weighted by Crippen LogP contribution is 2.26. The molecule has 1 aliphatic rings. The number of nitrogens with one attached hydrogen (secondary N) is 1. The van der Waals surface area contributed by atoms with Crippen LogP contribution < -0.4 is 10.1 Å². The first-order chi connectivity index (χ1) is 13.1. The number of piperidine rings is 1. The van der Waals surface area contributed by atoms with Crippen molar-refractivity contribution in [1.29, 1.82) is 0 Å². The summed E-state index contributed by atoms with van der Waals surface area (Å²) in [6.45, 7) is 2.65. The van der Waals surface area contributed by atoms with Gasteiger partial charge in [0.2, 0.25) is 11.8 Å². The van der Waals surface area contributed by atoms with E-state index in [-0.39, 0.29) is 24.2 Å². The topological polar surface area (TPSA) is 58.6 Å². The van der Waals surface area contributed by atoms with Gasteiger partial charge in [-0.05, 0) is 49.6 Å². The van der Waals surface area contributed by atoms with E-state index in [1.807, 2.05) is 19.1 Å². The zero-order chi connectivity index (χ0) is 19.2. The predicted octanol–water partition coefficient (Wildman–Crippen LogP) is 3.74. The summed E-state index contributed by atoms with van der Waals surface area (Å²) < 4.78 is 18.7. The van der Waals surface area contributed by atoms with Gasteiger partial charge in [0.05, 0.1) is 12.3 Å². The van der Waals surface area contributed by atoms with Gasteiger partial charge in [0.25, 0.3) is 0 Å². The molecule has 0 bridgehead atoms. The summed E-state index contributed by atoms with van der Waals surface area (Å²) in [6.07, 6.45) is 1.68. The molecule has 1 fully saturated rings. The molecule has 142 valence electrons. The maximum absolute atomic E-state index is 13.1. The van der Waals surface area contributed by atoms with Crippen LogP contribution in [0.25, 0.3) is 0 Å². The maximum Gasteiger partial charge on any atom is 0.247 e. The van der Waals surface area contributed by atoms with Crippen LogP contribution >= 0.6 is 0 Å². The minimum Gasteiger partial charge on any atom is -0.492 e. The van der Waals surface area contributed by atoms with Gasteiger partial charge in [0.1, 0.15) is 17.6 Å². The number of rotatable bonds is 6. The Labute approximate surface area is 158 Å². The number of likely N-dealkylation sites (tertiary alicyclic amines) is 1. The zero-order valence-corrected chi connectivity index (χ0v) is 15.3. The van der Waals surface area contributed by atoms with Crippen LogP contribution in [-0.2, 0) is 16.1 Å². The summed E-state index contributed by atoms with van der Waals surface area (Å²) in [5.74, 6) is -0.0350. The number of halogens is 1. The first-order valence-corrected chi connectivity index (χ1v) is 9.15. The lowest BCUT2D eigenvalue weighted by molar-refractivity contribution is -0.142. The molecule has 5 nitrogen and oxygen atoms in total. The number of anilines is 1. The van der Waals surface area contributed by atoms with Crippen molar-refractivity contribution in [1.82, 2.24) is 4.90 Å². The Balaban J connectivity index is 1.76. The van der Waals surface area contributed by atoms with Crippen LogP contribution in [0.4, 0.5) is 10.1 Å². The lowest BCUT2D eigenvalue weighted by Crippen LogP contribution is -2.49. The molecule has 0 saturated carbocycles. The minimum atomic E-state index is -0.564. The minimum absolute atomic E-state index is 0.0659. The Hall–Kier alpha value is -2.89. The third kappa shape index (κ3) is 4.64. The van der Waals surface area contributed by atoms with E-state index >= 15 is 0 Å². The summed E-state index contributed by atoms with van der Waals surface area (Å²) in [7, 11) is 0. The van der Waals surface area contributed by atoms with E-state index < -0.39 is 6.04 Å². The average Bonchev–Trinajstić information content (AvgIpc) is 2.67. The molecule has 1 heterocycles. The molecule has 2 aromatic rings. The molecule has 2 aromatic carbocycles. The Morgan fingerprint density at radius 2 is 1.96 bits per heavy atom.